The standard InChI is InChI=1S/C24H32N2O/c27-24(17-19-25-22-14-8-3-9-15-22)26-18-16-23(20-10-4-1-5-11-20)21-12-6-2-7-13-21/h1-2,4-7,10-13,22-23,25H,3,8-9,14-19H2,(H,26,27). The minimum absolute atomic E-state index is 0.151. The van der Waals surface area contributed by atoms with Crippen molar-refractivity contribution in [2.45, 2.75) is 56.9 Å². The Morgan fingerprint density at radius 3 is 2.04 bits per heavy atom. The lowest BCUT2D eigenvalue weighted by Crippen LogP contribution is -2.35. The van der Waals surface area contributed by atoms with Gasteiger partial charge in [-0.3, -0.25) is 4.79 Å². The molecule has 1 aliphatic rings. The number of carbonyl (C=O) groups is 1. The molecule has 3 rings (SSSR count). The van der Waals surface area contributed by atoms with Crippen LogP contribution in [0, 0.1) is 0 Å². The summed E-state index contributed by atoms with van der Waals surface area (Å²) in [6.07, 6.45) is 8.01. The summed E-state index contributed by atoms with van der Waals surface area (Å²) in [6, 6.07) is 21.7. The van der Waals surface area contributed by atoms with Crippen molar-refractivity contribution in [3.63, 3.8) is 0 Å². The second-order valence-corrected chi connectivity index (χ2v) is 7.55. The van der Waals surface area contributed by atoms with E-state index in [1.165, 1.54) is 43.2 Å². The number of hydrogen-bond acceptors (Lipinski definition) is 2. The zero-order chi connectivity index (χ0) is 18.7. The van der Waals surface area contributed by atoms with Crippen molar-refractivity contribution < 1.29 is 4.79 Å². The highest BCUT2D eigenvalue weighted by atomic mass is 16.1. The second-order valence-electron chi connectivity index (χ2n) is 7.55. The molecule has 2 aromatic carbocycles. The van der Waals surface area contributed by atoms with E-state index < -0.39 is 0 Å². The summed E-state index contributed by atoms with van der Waals surface area (Å²) in [4.78, 5) is 12.2. The van der Waals surface area contributed by atoms with Crippen molar-refractivity contribution in [2.24, 2.45) is 0 Å². The second kappa shape index (κ2) is 10.9. The lowest BCUT2D eigenvalue weighted by atomic mass is 9.88. The molecule has 144 valence electrons. The van der Waals surface area contributed by atoms with Crippen molar-refractivity contribution >= 4 is 5.91 Å². The van der Waals surface area contributed by atoms with E-state index in [-0.39, 0.29) is 5.91 Å². The van der Waals surface area contributed by atoms with Gasteiger partial charge in [0.1, 0.15) is 0 Å². The summed E-state index contributed by atoms with van der Waals surface area (Å²) >= 11 is 0. The van der Waals surface area contributed by atoms with Crippen LogP contribution in [0.25, 0.3) is 0 Å². The minimum atomic E-state index is 0.151. The molecule has 3 nitrogen and oxygen atoms in total. The predicted octanol–water partition coefficient (Wildman–Crippen LogP) is 4.64. The van der Waals surface area contributed by atoms with Crippen molar-refractivity contribution in [3.8, 4) is 0 Å². The Morgan fingerprint density at radius 1 is 0.852 bits per heavy atom. The number of hydrogen-bond donors (Lipinski definition) is 2. The molecule has 0 aliphatic heterocycles. The Balaban J connectivity index is 1.44. The molecule has 1 aliphatic carbocycles. The van der Waals surface area contributed by atoms with Crippen LogP contribution >= 0.6 is 0 Å². The molecule has 0 bridgehead atoms. The normalized spacial score (nSPS) is 15.0. The molecule has 3 heteroatoms. The van der Waals surface area contributed by atoms with Gasteiger partial charge in [-0.25, -0.2) is 0 Å². The number of benzene rings is 2. The van der Waals surface area contributed by atoms with Crippen LogP contribution in [0.2, 0.25) is 0 Å². The van der Waals surface area contributed by atoms with Crippen LogP contribution in [0.5, 0.6) is 0 Å². The number of amides is 1. The van der Waals surface area contributed by atoms with Gasteiger partial charge in [0.05, 0.1) is 0 Å². The summed E-state index contributed by atoms with van der Waals surface area (Å²) < 4.78 is 0. The maximum absolute atomic E-state index is 12.2. The third kappa shape index (κ3) is 6.51. The lowest BCUT2D eigenvalue weighted by Gasteiger charge is -2.22. The fourth-order valence-corrected chi connectivity index (χ4v) is 4.04. The van der Waals surface area contributed by atoms with Gasteiger partial charge in [0.15, 0.2) is 0 Å². The van der Waals surface area contributed by atoms with Crippen molar-refractivity contribution in [2.75, 3.05) is 13.1 Å². The fraction of sp³-hybridized carbons (Fsp3) is 0.458. The van der Waals surface area contributed by atoms with Gasteiger partial charge in [0.25, 0.3) is 0 Å². The number of carbonyl (C=O) groups excluding carboxylic acids is 1. The molecule has 0 unspecified atom stereocenters. The Labute approximate surface area is 163 Å². The third-order valence-electron chi connectivity index (χ3n) is 5.55. The van der Waals surface area contributed by atoms with Crippen LogP contribution < -0.4 is 10.6 Å². The highest BCUT2D eigenvalue weighted by molar-refractivity contribution is 5.76. The van der Waals surface area contributed by atoms with E-state index in [9.17, 15) is 4.79 Å². The first-order valence-electron chi connectivity index (χ1n) is 10.4. The van der Waals surface area contributed by atoms with Crippen LogP contribution in [0.4, 0.5) is 0 Å². The monoisotopic (exact) mass is 364 g/mol. The predicted molar refractivity (Wildman–Crippen MR) is 112 cm³/mol. The van der Waals surface area contributed by atoms with E-state index in [1.807, 2.05) is 12.1 Å². The molecule has 0 aromatic heterocycles. The SMILES string of the molecule is O=C(CCNC1CCCCC1)NCCC(c1ccccc1)c1ccccc1. The Bertz CT molecular complexity index is 626. The van der Waals surface area contributed by atoms with E-state index >= 15 is 0 Å². The Morgan fingerprint density at radius 2 is 1.44 bits per heavy atom. The van der Waals surface area contributed by atoms with Gasteiger partial charge in [0.2, 0.25) is 5.91 Å². The van der Waals surface area contributed by atoms with Crippen LogP contribution in [0.3, 0.4) is 0 Å². The van der Waals surface area contributed by atoms with Gasteiger partial charge in [-0.15, -0.1) is 0 Å². The molecule has 1 amide bonds. The Kier molecular flexibility index (Phi) is 7.91. The smallest absolute Gasteiger partial charge is 0.221 e. The maximum Gasteiger partial charge on any atom is 0.221 e. The van der Waals surface area contributed by atoms with Crippen LogP contribution in [0.1, 0.15) is 62.0 Å². The first-order valence-corrected chi connectivity index (χ1v) is 10.4. The Hall–Kier alpha value is -2.13. The van der Waals surface area contributed by atoms with E-state index in [2.05, 4.69) is 59.2 Å². The van der Waals surface area contributed by atoms with Crippen molar-refractivity contribution in [3.05, 3.63) is 71.8 Å². The molecule has 2 N–H and O–H groups in total. The highest BCUT2D eigenvalue weighted by Crippen LogP contribution is 2.27. The summed E-state index contributed by atoms with van der Waals surface area (Å²) in [5.74, 6) is 0.464. The summed E-state index contributed by atoms with van der Waals surface area (Å²) in [5, 5.41) is 6.65. The molecular weight excluding hydrogens is 332 g/mol. The summed E-state index contributed by atoms with van der Waals surface area (Å²) in [6.45, 7) is 1.49. The van der Waals surface area contributed by atoms with E-state index in [1.54, 1.807) is 0 Å². The number of rotatable bonds is 9. The van der Waals surface area contributed by atoms with Gasteiger partial charge in [-0.05, 0) is 30.4 Å². The van der Waals surface area contributed by atoms with Crippen molar-refractivity contribution in [1.29, 1.82) is 0 Å². The topological polar surface area (TPSA) is 41.1 Å². The maximum atomic E-state index is 12.2. The van der Waals surface area contributed by atoms with E-state index in [4.69, 9.17) is 0 Å². The van der Waals surface area contributed by atoms with Gasteiger partial charge in [-0.2, -0.15) is 0 Å². The zero-order valence-electron chi connectivity index (χ0n) is 16.2. The van der Waals surface area contributed by atoms with Gasteiger partial charge in [0, 0.05) is 31.5 Å². The van der Waals surface area contributed by atoms with Crippen LogP contribution in [-0.2, 0) is 4.79 Å². The number of nitrogens with one attached hydrogen (secondary N) is 2. The fourth-order valence-electron chi connectivity index (χ4n) is 4.04. The molecule has 1 saturated carbocycles. The molecular formula is C24H32N2O. The third-order valence-corrected chi connectivity index (χ3v) is 5.55. The molecule has 0 saturated heterocycles. The van der Waals surface area contributed by atoms with Gasteiger partial charge >= 0.3 is 0 Å². The average molecular weight is 365 g/mol. The molecule has 0 atom stereocenters. The van der Waals surface area contributed by atoms with E-state index in [0.29, 0.717) is 24.9 Å². The van der Waals surface area contributed by atoms with Crippen LogP contribution in [0.15, 0.2) is 60.7 Å². The van der Waals surface area contributed by atoms with Crippen LogP contribution in [-0.4, -0.2) is 25.0 Å². The molecule has 0 radical (unpaired) electrons. The van der Waals surface area contributed by atoms with E-state index in [0.717, 1.165) is 13.0 Å². The molecule has 0 heterocycles. The van der Waals surface area contributed by atoms with Gasteiger partial charge < -0.3 is 10.6 Å². The molecule has 1 fully saturated rings. The van der Waals surface area contributed by atoms with Crippen molar-refractivity contribution in [1.82, 2.24) is 10.6 Å². The van der Waals surface area contributed by atoms with Gasteiger partial charge in [-0.1, -0.05) is 79.9 Å². The lowest BCUT2D eigenvalue weighted by molar-refractivity contribution is -0.121. The molecule has 2 aromatic rings. The average Bonchev–Trinajstić information content (AvgIpc) is 2.73. The quantitative estimate of drug-likeness (QED) is 0.681. The minimum Gasteiger partial charge on any atom is -0.356 e. The summed E-state index contributed by atoms with van der Waals surface area (Å²) in [7, 11) is 0. The molecule has 27 heavy (non-hydrogen) atoms. The first-order chi connectivity index (χ1) is 13.3. The zero-order valence-corrected chi connectivity index (χ0v) is 16.2. The molecule has 0 spiro atoms. The first kappa shape index (κ1) is 19.6. The summed E-state index contributed by atoms with van der Waals surface area (Å²) in [5.41, 5.74) is 2.61. The highest BCUT2D eigenvalue weighted by Gasteiger charge is 2.15. The largest absolute Gasteiger partial charge is 0.356 e.